The Balaban J connectivity index is 2.15. The Morgan fingerprint density at radius 3 is 2.54 bits per heavy atom. The van der Waals surface area contributed by atoms with E-state index in [9.17, 15) is 18.3 Å². The van der Waals surface area contributed by atoms with E-state index >= 15 is 0 Å². The highest BCUT2D eigenvalue weighted by Gasteiger charge is 2.23. The standard InChI is InChI=1S/C15H10ClN3O4S/c16-10-4-1-3-9(15(20)21)13(10)19-24(22,23)12-6-2-5-11-14(12)18-8-7-17-11/h1-8,19H,(H,20,21). The molecule has 1 heterocycles. The minimum Gasteiger partial charge on any atom is -0.478 e. The summed E-state index contributed by atoms with van der Waals surface area (Å²) < 4.78 is 27.7. The molecule has 3 rings (SSSR count). The summed E-state index contributed by atoms with van der Waals surface area (Å²) in [6.45, 7) is 0. The number of nitrogens with zero attached hydrogens (tertiary/aromatic N) is 2. The van der Waals surface area contributed by atoms with Crippen LogP contribution in [-0.4, -0.2) is 29.5 Å². The summed E-state index contributed by atoms with van der Waals surface area (Å²) in [6, 6.07) is 8.59. The quantitative estimate of drug-likeness (QED) is 0.737. The Kier molecular flexibility index (Phi) is 4.08. The first-order chi connectivity index (χ1) is 11.4. The summed E-state index contributed by atoms with van der Waals surface area (Å²) in [4.78, 5) is 19.3. The summed E-state index contributed by atoms with van der Waals surface area (Å²) in [6.07, 6.45) is 2.82. The normalized spacial score (nSPS) is 11.4. The number of carbonyl (C=O) groups is 1. The summed E-state index contributed by atoms with van der Waals surface area (Å²) in [5, 5.41) is 9.19. The molecule has 0 aliphatic carbocycles. The van der Waals surface area contributed by atoms with Gasteiger partial charge < -0.3 is 5.11 Å². The number of hydrogen-bond donors (Lipinski definition) is 2. The topological polar surface area (TPSA) is 109 Å². The van der Waals surface area contributed by atoms with Gasteiger partial charge in [-0.2, -0.15) is 0 Å². The number of rotatable bonds is 4. The molecule has 0 aliphatic rings. The molecule has 24 heavy (non-hydrogen) atoms. The van der Waals surface area contributed by atoms with Crippen molar-refractivity contribution in [3.05, 3.63) is 59.4 Å². The van der Waals surface area contributed by atoms with Crippen LogP contribution in [0.5, 0.6) is 0 Å². The van der Waals surface area contributed by atoms with Crippen LogP contribution in [0.1, 0.15) is 10.4 Å². The highest BCUT2D eigenvalue weighted by molar-refractivity contribution is 7.93. The fourth-order valence-corrected chi connectivity index (χ4v) is 3.72. The van der Waals surface area contributed by atoms with E-state index in [4.69, 9.17) is 11.6 Å². The van der Waals surface area contributed by atoms with Gasteiger partial charge in [0.1, 0.15) is 10.4 Å². The monoisotopic (exact) mass is 363 g/mol. The van der Waals surface area contributed by atoms with Crippen molar-refractivity contribution >= 4 is 44.3 Å². The third kappa shape index (κ3) is 2.89. The average molecular weight is 364 g/mol. The predicted molar refractivity (Wildman–Crippen MR) is 88.8 cm³/mol. The first kappa shape index (κ1) is 16.2. The highest BCUT2D eigenvalue weighted by Crippen LogP contribution is 2.29. The maximum atomic E-state index is 12.7. The number of nitrogens with one attached hydrogen (secondary N) is 1. The maximum Gasteiger partial charge on any atom is 0.337 e. The molecule has 7 nitrogen and oxygen atoms in total. The summed E-state index contributed by atoms with van der Waals surface area (Å²) in [5.41, 5.74) is 0.124. The molecular weight excluding hydrogens is 354 g/mol. The van der Waals surface area contributed by atoms with E-state index in [0.717, 1.165) is 0 Å². The molecule has 2 N–H and O–H groups in total. The van der Waals surface area contributed by atoms with Crippen LogP contribution in [0.3, 0.4) is 0 Å². The highest BCUT2D eigenvalue weighted by atomic mass is 35.5. The molecule has 3 aromatic rings. The van der Waals surface area contributed by atoms with Crippen LogP contribution < -0.4 is 4.72 Å². The molecule has 0 saturated heterocycles. The van der Waals surface area contributed by atoms with Gasteiger partial charge in [0.2, 0.25) is 0 Å². The van der Waals surface area contributed by atoms with Crippen LogP contribution in [-0.2, 0) is 10.0 Å². The second-order valence-electron chi connectivity index (χ2n) is 4.75. The van der Waals surface area contributed by atoms with E-state index in [-0.39, 0.29) is 26.7 Å². The second kappa shape index (κ2) is 6.06. The Morgan fingerprint density at radius 2 is 1.79 bits per heavy atom. The maximum absolute atomic E-state index is 12.7. The molecule has 0 unspecified atom stereocenters. The van der Waals surface area contributed by atoms with Gasteiger partial charge in [-0.15, -0.1) is 0 Å². The van der Waals surface area contributed by atoms with E-state index in [1.807, 2.05) is 0 Å². The van der Waals surface area contributed by atoms with Crippen LogP contribution in [0, 0.1) is 0 Å². The lowest BCUT2D eigenvalue weighted by Gasteiger charge is -2.13. The minimum absolute atomic E-state index is 0.0233. The Morgan fingerprint density at radius 1 is 1.08 bits per heavy atom. The molecule has 0 radical (unpaired) electrons. The second-order valence-corrected chi connectivity index (χ2v) is 6.81. The zero-order chi connectivity index (χ0) is 17.3. The number of para-hydroxylation sites is 2. The van der Waals surface area contributed by atoms with Crippen molar-refractivity contribution in [1.82, 2.24) is 9.97 Å². The molecule has 0 aliphatic heterocycles. The van der Waals surface area contributed by atoms with Crippen LogP contribution in [0.2, 0.25) is 5.02 Å². The molecule has 0 bridgehead atoms. The van der Waals surface area contributed by atoms with Gasteiger partial charge in [0.15, 0.2) is 0 Å². The molecule has 0 fully saturated rings. The first-order valence-corrected chi connectivity index (χ1v) is 8.50. The van der Waals surface area contributed by atoms with E-state index in [2.05, 4.69) is 14.7 Å². The predicted octanol–water partition coefficient (Wildman–Crippen LogP) is 2.78. The number of aromatic nitrogens is 2. The van der Waals surface area contributed by atoms with E-state index in [0.29, 0.717) is 5.52 Å². The van der Waals surface area contributed by atoms with E-state index in [1.54, 1.807) is 6.07 Å². The van der Waals surface area contributed by atoms with Crippen LogP contribution >= 0.6 is 11.6 Å². The molecular formula is C15H10ClN3O4S. The van der Waals surface area contributed by atoms with Gasteiger partial charge in [-0.1, -0.05) is 23.7 Å². The van der Waals surface area contributed by atoms with Crippen molar-refractivity contribution in [2.45, 2.75) is 4.90 Å². The van der Waals surface area contributed by atoms with Crippen molar-refractivity contribution in [3.8, 4) is 0 Å². The number of anilines is 1. The van der Waals surface area contributed by atoms with Crippen LogP contribution in [0.15, 0.2) is 53.7 Å². The van der Waals surface area contributed by atoms with Crippen molar-refractivity contribution < 1.29 is 18.3 Å². The number of carboxylic acids is 1. The Hall–Kier alpha value is -2.71. The van der Waals surface area contributed by atoms with Crippen molar-refractivity contribution in [2.75, 3.05) is 4.72 Å². The third-order valence-corrected chi connectivity index (χ3v) is 4.93. The lowest BCUT2D eigenvalue weighted by atomic mass is 10.2. The molecule has 2 aromatic carbocycles. The van der Waals surface area contributed by atoms with Gasteiger partial charge in [-0.05, 0) is 24.3 Å². The number of benzene rings is 2. The van der Waals surface area contributed by atoms with Crippen LogP contribution in [0.25, 0.3) is 11.0 Å². The molecule has 1 aromatic heterocycles. The first-order valence-electron chi connectivity index (χ1n) is 6.64. The largest absolute Gasteiger partial charge is 0.478 e. The zero-order valence-electron chi connectivity index (χ0n) is 12.0. The van der Waals surface area contributed by atoms with Gasteiger partial charge in [-0.25, -0.2) is 13.2 Å². The number of fused-ring (bicyclic) bond motifs is 1. The van der Waals surface area contributed by atoms with Gasteiger partial charge in [0.05, 0.1) is 21.8 Å². The molecule has 9 heteroatoms. The van der Waals surface area contributed by atoms with Gasteiger partial charge >= 0.3 is 5.97 Å². The summed E-state index contributed by atoms with van der Waals surface area (Å²) in [5.74, 6) is -1.30. The molecule has 122 valence electrons. The molecule has 0 amide bonds. The fourth-order valence-electron chi connectivity index (χ4n) is 2.18. The number of aromatic carboxylic acids is 1. The van der Waals surface area contributed by atoms with Crippen molar-refractivity contribution in [1.29, 1.82) is 0 Å². The van der Waals surface area contributed by atoms with E-state index < -0.39 is 16.0 Å². The number of hydrogen-bond acceptors (Lipinski definition) is 5. The molecule has 0 atom stereocenters. The van der Waals surface area contributed by atoms with Crippen molar-refractivity contribution in [3.63, 3.8) is 0 Å². The van der Waals surface area contributed by atoms with Gasteiger partial charge in [0.25, 0.3) is 10.0 Å². The summed E-state index contributed by atoms with van der Waals surface area (Å²) >= 11 is 5.97. The SMILES string of the molecule is O=C(O)c1cccc(Cl)c1NS(=O)(=O)c1cccc2nccnc12. The van der Waals surface area contributed by atoms with Gasteiger partial charge in [0, 0.05) is 12.4 Å². The lowest BCUT2D eigenvalue weighted by Crippen LogP contribution is -2.16. The third-order valence-electron chi connectivity index (χ3n) is 3.23. The Bertz CT molecular complexity index is 1050. The fraction of sp³-hybridized carbons (Fsp3) is 0. The number of halogens is 1. The zero-order valence-corrected chi connectivity index (χ0v) is 13.5. The number of carboxylic acid groups (broad SMARTS) is 1. The van der Waals surface area contributed by atoms with E-state index in [1.165, 1.54) is 42.7 Å². The smallest absolute Gasteiger partial charge is 0.337 e. The van der Waals surface area contributed by atoms with Gasteiger partial charge in [-0.3, -0.25) is 14.7 Å². The lowest BCUT2D eigenvalue weighted by molar-refractivity contribution is 0.0698. The minimum atomic E-state index is -4.12. The molecule has 0 spiro atoms. The number of sulfonamides is 1. The van der Waals surface area contributed by atoms with Crippen LogP contribution in [0.4, 0.5) is 5.69 Å². The Labute approximate surface area is 142 Å². The van der Waals surface area contributed by atoms with Crippen molar-refractivity contribution in [2.24, 2.45) is 0 Å². The molecule has 0 saturated carbocycles. The average Bonchev–Trinajstić information content (AvgIpc) is 2.55. The summed E-state index contributed by atoms with van der Waals surface area (Å²) in [7, 11) is -4.12.